The van der Waals surface area contributed by atoms with Crippen LogP contribution in [0, 0.1) is 5.92 Å². The third kappa shape index (κ3) is 4.93. The molecule has 0 bridgehead atoms. The molecule has 1 rings (SSSR count). The van der Waals surface area contributed by atoms with Crippen LogP contribution in [0.4, 0.5) is 4.79 Å². The molecule has 5 heteroatoms. The number of nitrogens with one attached hydrogen (secondary N) is 1. The summed E-state index contributed by atoms with van der Waals surface area (Å²) in [5.41, 5.74) is 0. The van der Waals surface area contributed by atoms with Gasteiger partial charge in [-0.1, -0.05) is 6.08 Å². The van der Waals surface area contributed by atoms with Crippen LogP contribution < -0.4 is 5.32 Å². The van der Waals surface area contributed by atoms with Gasteiger partial charge in [0, 0.05) is 39.6 Å². The summed E-state index contributed by atoms with van der Waals surface area (Å²) < 4.78 is 0. The average molecular weight is 267 g/mol. The number of carbonyl (C=O) groups excluding carboxylic acids is 2. The second-order valence-corrected chi connectivity index (χ2v) is 5.40. The van der Waals surface area contributed by atoms with Crippen molar-refractivity contribution in [3.05, 3.63) is 12.7 Å². The van der Waals surface area contributed by atoms with E-state index in [1.165, 1.54) is 0 Å². The Morgan fingerprint density at radius 3 is 2.47 bits per heavy atom. The van der Waals surface area contributed by atoms with E-state index in [0.29, 0.717) is 12.3 Å². The lowest BCUT2D eigenvalue weighted by molar-refractivity contribution is -0.129. The van der Waals surface area contributed by atoms with Gasteiger partial charge < -0.3 is 15.1 Å². The normalized spacial score (nSPS) is 17.7. The lowest BCUT2D eigenvalue weighted by Crippen LogP contribution is -2.47. The van der Waals surface area contributed by atoms with Gasteiger partial charge in [-0.05, 0) is 25.7 Å². The zero-order valence-corrected chi connectivity index (χ0v) is 12.2. The van der Waals surface area contributed by atoms with Crippen LogP contribution in [0.3, 0.4) is 0 Å². The molecular weight excluding hydrogens is 242 g/mol. The highest BCUT2D eigenvalue weighted by Crippen LogP contribution is 2.21. The molecule has 1 N–H and O–H groups in total. The summed E-state index contributed by atoms with van der Waals surface area (Å²) in [5.74, 6) is 0.568. The van der Waals surface area contributed by atoms with Crippen LogP contribution in [0.2, 0.25) is 0 Å². The first-order valence-corrected chi connectivity index (χ1v) is 6.82. The maximum Gasteiger partial charge on any atom is 0.317 e. The van der Waals surface area contributed by atoms with Crippen LogP contribution in [0.25, 0.3) is 0 Å². The largest absolute Gasteiger partial charge is 0.349 e. The van der Waals surface area contributed by atoms with E-state index in [2.05, 4.69) is 11.9 Å². The number of piperidine rings is 1. The van der Waals surface area contributed by atoms with E-state index in [-0.39, 0.29) is 18.0 Å². The summed E-state index contributed by atoms with van der Waals surface area (Å²) in [4.78, 5) is 27.0. The van der Waals surface area contributed by atoms with Crippen LogP contribution in [-0.2, 0) is 4.79 Å². The van der Waals surface area contributed by atoms with Crippen molar-refractivity contribution >= 4 is 11.9 Å². The number of urea groups is 1. The van der Waals surface area contributed by atoms with E-state index < -0.39 is 0 Å². The molecule has 0 aromatic heterocycles. The minimum absolute atomic E-state index is 0.0134. The topological polar surface area (TPSA) is 52.7 Å². The van der Waals surface area contributed by atoms with Crippen molar-refractivity contribution in [1.82, 2.24) is 15.1 Å². The maximum atomic E-state index is 11.9. The Bertz CT molecular complexity index is 334. The highest BCUT2D eigenvalue weighted by atomic mass is 16.2. The van der Waals surface area contributed by atoms with Crippen molar-refractivity contribution in [2.45, 2.75) is 32.2 Å². The lowest BCUT2D eigenvalue weighted by atomic mass is 9.93. The highest BCUT2D eigenvalue weighted by molar-refractivity contribution is 5.76. The minimum Gasteiger partial charge on any atom is -0.349 e. The maximum absolute atomic E-state index is 11.9. The van der Waals surface area contributed by atoms with Gasteiger partial charge in [-0.15, -0.1) is 6.58 Å². The number of amides is 3. The second-order valence-electron chi connectivity index (χ2n) is 5.40. The van der Waals surface area contributed by atoms with Gasteiger partial charge in [-0.2, -0.15) is 0 Å². The SMILES string of the molecule is C=C[C@@H](C)NC(=O)N1CCC(CC(=O)N(C)C)CC1. The van der Waals surface area contributed by atoms with Gasteiger partial charge >= 0.3 is 6.03 Å². The second kappa shape index (κ2) is 7.16. The number of nitrogens with zero attached hydrogens (tertiary/aromatic N) is 2. The summed E-state index contributed by atoms with van der Waals surface area (Å²) in [6.45, 7) is 6.99. The van der Waals surface area contributed by atoms with Gasteiger partial charge in [0.2, 0.25) is 5.91 Å². The Hall–Kier alpha value is -1.52. The molecular formula is C14H25N3O2. The van der Waals surface area contributed by atoms with Crippen LogP contribution in [0.5, 0.6) is 0 Å². The van der Waals surface area contributed by atoms with Gasteiger partial charge in [0.05, 0.1) is 0 Å². The zero-order chi connectivity index (χ0) is 14.4. The molecule has 0 saturated carbocycles. The third-order valence-electron chi connectivity index (χ3n) is 3.57. The molecule has 3 amide bonds. The molecule has 5 nitrogen and oxygen atoms in total. The lowest BCUT2D eigenvalue weighted by Gasteiger charge is -2.32. The summed E-state index contributed by atoms with van der Waals surface area (Å²) >= 11 is 0. The van der Waals surface area contributed by atoms with Gasteiger partial charge in [-0.25, -0.2) is 4.79 Å². The number of hydrogen-bond acceptors (Lipinski definition) is 2. The van der Waals surface area contributed by atoms with E-state index in [1.807, 2.05) is 11.8 Å². The van der Waals surface area contributed by atoms with Gasteiger partial charge in [-0.3, -0.25) is 4.79 Å². The van der Waals surface area contributed by atoms with Crippen LogP contribution in [0.15, 0.2) is 12.7 Å². The number of likely N-dealkylation sites (tertiary alicyclic amines) is 1. The molecule has 19 heavy (non-hydrogen) atoms. The van der Waals surface area contributed by atoms with Gasteiger partial charge in [0.1, 0.15) is 0 Å². The number of hydrogen-bond donors (Lipinski definition) is 1. The fraction of sp³-hybridized carbons (Fsp3) is 0.714. The first kappa shape index (κ1) is 15.5. The Morgan fingerprint density at radius 2 is 2.00 bits per heavy atom. The molecule has 108 valence electrons. The Morgan fingerprint density at radius 1 is 1.42 bits per heavy atom. The average Bonchev–Trinajstić information content (AvgIpc) is 2.39. The smallest absolute Gasteiger partial charge is 0.317 e. The van der Waals surface area contributed by atoms with Crippen molar-refractivity contribution in [3.8, 4) is 0 Å². The van der Waals surface area contributed by atoms with Crippen molar-refractivity contribution in [3.63, 3.8) is 0 Å². The summed E-state index contributed by atoms with van der Waals surface area (Å²) in [5, 5.41) is 2.87. The molecule has 0 radical (unpaired) electrons. The predicted molar refractivity (Wildman–Crippen MR) is 75.8 cm³/mol. The van der Waals surface area contributed by atoms with E-state index in [0.717, 1.165) is 25.9 Å². The fourth-order valence-corrected chi connectivity index (χ4v) is 2.11. The monoisotopic (exact) mass is 267 g/mol. The summed E-state index contributed by atoms with van der Waals surface area (Å²) in [6.07, 6.45) is 4.09. The van der Waals surface area contributed by atoms with Crippen molar-refractivity contribution in [2.24, 2.45) is 5.92 Å². The standard InChI is InChI=1S/C14H25N3O2/c1-5-11(2)15-14(19)17-8-6-12(7-9-17)10-13(18)16(3)4/h5,11-12H,1,6-10H2,2-4H3,(H,15,19)/t11-/m1/s1. The molecule has 0 aliphatic carbocycles. The number of rotatable bonds is 4. The quantitative estimate of drug-likeness (QED) is 0.784. The Balaban J connectivity index is 2.34. The van der Waals surface area contributed by atoms with E-state index in [9.17, 15) is 9.59 Å². The predicted octanol–water partition coefficient (Wildman–Crippen LogP) is 1.46. The zero-order valence-electron chi connectivity index (χ0n) is 12.2. The van der Waals surface area contributed by atoms with Crippen LogP contribution in [-0.4, -0.2) is 55.0 Å². The highest BCUT2D eigenvalue weighted by Gasteiger charge is 2.25. The Kier molecular flexibility index (Phi) is 5.86. The van der Waals surface area contributed by atoms with Crippen LogP contribution in [0.1, 0.15) is 26.2 Å². The molecule has 0 aromatic carbocycles. The molecule has 1 aliphatic rings. The van der Waals surface area contributed by atoms with E-state index in [1.54, 1.807) is 25.1 Å². The molecule has 0 spiro atoms. The molecule has 1 aliphatic heterocycles. The molecule has 1 heterocycles. The van der Waals surface area contributed by atoms with Crippen molar-refractivity contribution in [1.29, 1.82) is 0 Å². The molecule has 0 unspecified atom stereocenters. The first-order chi connectivity index (χ1) is 8.93. The van der Waals surface area contributed by atoms with Gasteiger partial charge in [0.25, 0.3) is 0 Å². The molecule has 1 saturated heterocycles. The first-order valence-electron chi connectivity index (χ1n) is 6.82. The molecule has 0 aromatic rings. The third-order valence-corrected chi connectivity index (χ3v) is 3.57. The fourth-order valence-electron chi connectivity index (χ4n) is 2.11. The van der Waals surface area contributed by atoms with Crippen LogP contribution >= 0.6 is 0 Å². The van der Waals surface area contributed by atoms with Crippen molar-refractivity contribution < 1.29 is 9.59 Å². The van der Waals surface area contributed by atoms with Crippen molar-refractivity contribution in [2.75, 3.05) is 27.2 Å². The summed E-state index contributed by atoms with van der Waals surface area (Å²) in [7, 11) is 3.56. The van der Waals surface area contributed by atoms with E-state index >= 15 is 0 Å². The minimum atomic E-state index is -0.0372. The van der Waals surface area contributed by atoms with Gasteiger partial charge in [0.15, 0.2) is 0 Å². The molecule has 1 fully saturated rings. The molecule has 1 atom stereocenters. The summed E-state index contributed by atoms with van der Waals surface area (Å²) in [6, 6.07) is -0.0506. The van der Waals surface area contributed by atoms with E-state index in [4.69, 9.17) is 0 Å². The number of carbonyl (C=O) groups is 2. The Labute approximate surface area is 115 Å².